The summed E-state index contributed by atoms with van der Waals surface area (Å²) in [6.07, 6.45) is 0.0526. The van der Waals surface area contributed by atoms with Crippen molar-refractivity contribution >= 4 is 17.8 Å². The molecule has 9 heteroatoms. The third-order valence-corrected chi connectivity index (χ3v) is 5.95. The number of aliphatic hydroxyl groups excluding tert-OH is 2. The van der Waals surface area contributed by atoms with Crippen LogP contribution in [0.15, 0.2) is 59.7 Å². The van der Waals surface area contributed by atoms with Gasteiger partial charge in [-0.1, -0.05) is 12.1 Å². The number of nitriles is 1. The highest BCUT2D eigenvalue weighted by molar-refractivity contribution is 5.78. The molecular weight excluding hydrogens is 425 g/mol. The number of rotatable bonds is 4. The second kappa shape index (κ2) is 8.33. The van der Waals surface area contributed by atoms with Gasteiger partial charge in [0.1, 0.15) is 30.2 Å². The van der Waals surface area contributed by atoms with Crippen molar-refractivity contribution in [2.75, 3.05) is 5.43 Å². The standard InChI is InChI=1S/C24H22FN5O3/c1-14-21(31)22(32)24(33-14)30-12-19(16-4-2-15(10-26)3-5-16)20-11-29(13-27-23(20)30)28-18-8-6-17(25)7-9-18/h2-9,12-14,21-22,24,28,31-32H,11H2,1H3/t14-,21-,22-,24-/m1/s1. The van der Waals surface area contributed by atoms with Crippen molar-refractivity contribution in [1.82, 2.24) is 9.58 Å². The summed E-state index contributed by atoms with van der Waals surface area (Å²) >= 11 is 0. The number of hydrogen-bond acceptors (Lipinski definition) is 7. The average Bonchev–Trinajstić information content (AvgIpc) is 3.33. The predicted octanol–water partition coefficient (Wildman–Crippen LogP) is 3.31. The lowest BCUT2D eigenvalue weighted by molar-refractivity contribution is -0.0308. The minimum atomic E-state index is -1.10. The van der Waals surface area contributed by atoms with E-state index in [0.717, 1.165) is 16.7 Å². The Labute approximate surface area is 189 Å². The fourth-order valence-corrected chi connectivity index (χ4v) is 4.17. The Morgan fingerprint density at radius 1 is 1.12 bits per heavy atom. The maximum Gasteiger partial charge on any atom is 0.164 e. The van der Waals surface area contributed by atoms with E-state index >= 15 is 0 Å². The van der Waals surface area contributed by atoms with Crippen LogP contribution in [-0.4, -0.2) is 44.4 Å². The minimum Gasteiger partial charge on any atom is -0.388 e. The third kappa shape index (κ3) is 3.85. The average molecular weight is 447 g/mol. The number of aliphatic imine (C=N–C) groups is 1. The van der Waals surface area contributed by atoms with Crippen molar-refractivity contribution in [3.05, 3.63) is 71.7 Å². The van der Waals surface area contributed by atoms with E-state index < -0.39 is 24.5 Å². The Morgan fingerprint density at radius 3 is 2.48 bits per heavy atom. The number of halogens is 1. The van der Waals surface area contributed by atoms with E-state index in [2.05, 4.69) is 16.5 Å². The van der Waals surface area contributed by atoms with Crippen molar-refractivity contribution in [3.63, 3.8) is 0 Å². The molecule has 3 aromatic rings. The molecule has 168 valence electrons. The summed E-state index contributed by atoms with van der Waals surface area (Å²) in [5.74, 6) is 0.290. The van der Waals surface area contributed by atoms with Crippen LogP contribution in [0.1, 0.15) is 24.3 Å². The van der Waals surface area contributed by atoms with E-state index in [4.69, 9.17) is 10.00 Å². The van der Waals surface area contributed by atoms with Gasteiger partial charge >= 0.3 is 0 Å². The van der Waals surface area contributed by atoms with E-state index in [1.807, 2.05) is 18.3 Å². The lowest BCUT2D eigenvalue weighted by Gasteiger charge is -2.26. The Bertz CT molecular complexity index is 1230. The zero-order valence-corrected chi connectivity index (χ0v) is 17.8. The maximum atomic E-state index is 13.3. The van der Waals surface area contributed by atoms with Crippen LogP contribution >= 0.6 is 0 Å². The zero-order chi connectivity index (χ0) is 23.1. The molecular formula is C24H22FN5O3. The van der Waals surface area contributed by atoms with Gasteiger partial charge in [0.2, 0.25) is 0 Å². The molecule has 0 aliphatic carbocycles. The van der Waals surface area contributed by atoms with Gasteiger partial charge in [-0.3, -0.25) is 10.4 Å². The second-order valence-electron chi connectivity index (χ2n) is 8.15. The van der Waals surface area contributed by atoms with Gasteiger partial charge < -0.3 is 19.5 Å². The summed E-state index contributed by atoms with van der Waals surface area (Å²) in [5.41, 5.74) is 7.07. The van der Waals surface area contributed by atoms with Crippen LogP contribution in [0, 0.1) is 17.1 Å². The first-order chi connectivity index (χ1) is 15.9. The number of nitrogens with zero attached hydrogens (tertiary/aromatic N) is 4. The van der Waals surface area contributed by atoms with Gasteiger partial charge in [-0.15, -0.1) is 0 Å². The fraction of sp³-hybridized carbons (Fsp3) is 0.250. The van der Waals surface area contributed by atoms with Crippen LogP contribution in [0.4, 0.5) is 15.9 Å². The number of hydrogen-bond donors (Lipinski definition) is 3. The van der Waals surface area contributed by atoms with Gasteiger partial charge in [0, 0.05) is 17.3 Å². The van der Waals surface area contributed by atoms with Crippen LogP contribution in [0.5, 0.6) is 0 Å². The molecule has 4 atom stereocenters. The molecule has 2 aliphatic rings. The molecule has 1 fully saturated rings. The number of anilines is 1. The van der Waals surface area contributed by atoms with E-state index in [1.165, 1.54) is 12.1 Å². The molecule has 5 rings (SSSR count). The Kier molecular flexibility index (Phi) is 5.34. The van der Waals surface area contributed by atoms with Crippen LogP contribution < -0.4 is 5.43 Å². The SMILES string of the molecule is C[C@H]1O[C@@H](n2cc(-c3ccc(C#N)cc3)c3c2N=CN(Nc2ccc(F)cc2)C3)[C@H](O)[C@@H]1O. The van der Waals surface area contributed by atoms with Crippen molar-refractivity contribution in [2.45, 2.75) is 38.0 Å². The second-order valence-corrected chi connectivity index (χ2v) is 8.15. The molecule has 2 aliphatic heterocycles. The molecule has 0 saturated carbocycles. The molecule has 0 bridgehead atoms. The van der Waals surface area contributed by atoms with Gasteiger partial charge in [0.05, 0.1) is 30.0 Å². The first-order valence-corrected chi connectivity index (χ1v) is 10.5. The summed E-state index contributed by atoms with van der Waals surface area (Å²) in [7, 11) is 0. The van der Waals surface area contributed by atoms with Crippen molar-refractivity contribution in [3.8, 4) is 17.2 Å². The molecule has 3 heterocycles. The summed E-state index contributed by atoms with van der Waals surface area (Å²) in [4.78, 5) is 4.60. The fourth-order valence-electron chi connectivity index (χ4n) is 4.17. The first kappa shape index (κ1) is 21.2. The summed E-state index contributed by atoms with van der Waals surface area (Å²) < 4.78 is 20.8. The topological polar surface area (TPSA) is 106 Å². The summed E-state index contributed by atoms with van der Waals surface area (Å²) in [6, 6.07) is 15.3. The van der Waals surface area contributed by atoms with Crippen LogP contribution in [0.25, 0.3) is 11.1 Å². The molecule has 8 nitrogen and oxygen atoms in total. The van der Waals surface area contributed by atoms with E-state index in [1.54, 1.807) is 47.1 Å². The Morgan fingerprint density at radius 2 is 1.85 bits per heavy atom. The van der Waals surface area contributed by atoms with Crippen LogP contribution in [0.3, 0.4) is 0 Å². The van der Waals surface area contributed by atoms with Crippen LogP contribution in [-0.2, 0) is 11.3 Å². The highest BCUT2D eigenvalue weighted by Gasteiger charge is 2.42. The molecule has 0 radical (unpaired) electrons. The smallest absolute Gasteiger partial charge is 0.164 e. The first-order valence-electron chi connectivity index (χ1n) is 10.5. The predicted molar refractivity (Wildman–Crippen MR) is 120 cm³/mol. The quantitative estimate of drug-likeness (QED) is 0.567. The molecule has 0 unspecified atom stereocenters. The molecule has 3 N–H and O–H groups in total. The normalized spacial score (nSPS) is 23.9. The van der Waals surface area contributed by atoms with Gasteiger partial charge in [-0.25, -0.2) is 9.38 Å². The molecule has 1 saturated heterocycles. The Hall–Kier alpha value is -3.71. The van der Waals surface area contributed by atoms with Crippen molar-refractivity contribution in [1.29, 1.82) is 5.26 Å². The number of fused-ring (bicyclic) bond motifs is 1. The highest BCUT2D eigenvalue weighted by atomic mass is 19.1. The molecule has 0 spiro atoms. The molecule has 1 aromatic heterocycles. The number of hydrazine groups is 1. The molecule has 33 heavy (non-hydrogen) atoms. The minimum absolute atomic E-state index is 0.318. The van der Waals surface area contributed by atoms with Gasteiger partial charge in [-0.2, -0.15) is 5.26 Å². The number of aromatic nitrogens is 1. The van der Waals surface area contributed by atoms with Gasteiger partial charge in [0.15, 0.2) is 6.23 Å². The molecule has 2 aromatic carbocycles. The van der Waals surface area contributed by atoms with E-state index in [9.17, 15) is 14.6 Å². The number of ether oxygens (including phenoxy) is 1. The van der Waals surface area contributed by atoms with Crippen molar-refractivity contribution in [2.24, 2.45) is 4.99 Å². The number of benzene rings is 2. The third-order valence-electron chi connectivity index (χ3n) is 5.95. The summed E-state index contributed by atoms with van der Waals surface area (Å²) in [6.45, 7) is 2.14. The number of aliphatic hydroxyl groups is 2. The van der Waals surface area contributed by atoms with Crippen LogP contribution in [0.2, 0.25) is 0 Å². The maximum absolute atomic E-state index is 13.3. The summed E-state index contributed by atoms with van der Waals surface area (Å²) in [5, 5.41) is 31.7. The van der Waals surface area contributed by atoms with Gasteiger partial charge in [0.25, 0.3) is 0 Å². The lowest BCUT2D eigenvalue weighted by atomic mass is 10.0. The van der Waals surface area contributed by atoms with E-state index in [0.29, 0.717) is 23.6 Å². The largest absolute Gasteiger partial charge is 0.388 e. The molecule has 0 amide bonds. The van der Waals surface area contributed by atoms with E-state index in [-0.39, 0.29) is 5.82 Å². The highest BCUT2D eigenvalue weighted by Crippen LogP contribution is 2.41. The number of nitrogens with one attached hydrogen (secondary N) is 1. The van der Waals surface area contributed by atoms with Crippen molar-refractivity contribution < 1.29 is 19.3 Å². The Balaban J connectivity index is 1.53. The lowest BCUT2D eigenvalue weighted by Crippen LogP contribution is -2.31. The monoisotopic (exact) mass is 447 g/mol. The van der Waals surface area contributed by atoms with Gasteiger partial charge in [-0.05, 0) is 48.9 Å². The zero-order valence-electron chi connectivity index (χ0n) is 17.8.